The monoisotopic (exact) mass is 879 g/mol. The molecule has 1 saturated heterocycles. The van der Waals surface area contributed by atoms with E-state index in [1.54, 1.807) is 35.5 Å². The summed E-state index contributed by atoms with van der Waals surface area (Å²) in [5, 5.41) is 3.39. The van der Waals surface area contributed by atoms with E-state index in [-0.39, 0.29) is 49.3 Å². The van der Waals surface area contributed by atoms with Crippen LogP contribution in [0.3, 0.4) is 0 Å². The predicted octanol–water partition coefficient (Wildman–Crippen LogP) is 5.10. The molecule has 5 aliphatic rings. The van der Waals surface area contributed by atoms with Gasteiger partial charge in [-0.1, -0.05) is 37.3 Å². The van der Waals surface area contributed by atoms with Crippen LogP contribution in [-0.2, 0) is 39.3 Å². The smallest absolute Gasteiger partial charge is 0.409 e. The number of hydrogen-bond donors (Lipinski definition) is 1. The molecule has 3 aromatic carbocycles. The number of benzene rings is 3. The Morgan fingerprint density at radius 2 is 1.52 bits per heavy atom. The maximum atomic E-state index is 15.2. The molecule has 64 heavy (non-hydrogen) atoms. The Balaban J connectivity index is 1.19. The van der Waals surface area contributed by atoms with Gasteiger partial charge in [-0.3, -0.25) is 19.5 Å². The van der Waals surface area contributed by atoms with Crippen LogP contribution >= 0.6 is 0 Å². The second-order valence-electron chi connectivity index (χ2n) is 17.5. The van der Waals surface area contributed by atoms with Crippen molar-refractivity contribution in [3.8, 4) is 23.0 Å². The van der Waals surface area contributed by atoms with Crippen molar-refractivity contribution < 1.29 is 38.1 Å². The molecule has 0 radical (unpaired) electrons. The first-order valence-electron chi connectivity index (χ1n) is 22.9. The lowest BCUT2D eigenvalue weighted by Gasteiger charge is -2.59. The molecule has 3 aromatic rings. The molecule has 0 bridgehead atoms. The van der Waals surface area contributed by atoms with E-state index in [0.717, 1.165) is 73.9 Å². The van der Waals surface area contributed by atoms with Crippen molar-refractivity contribution in [2.45, 2.75) is 63.6 Å². The minimum Gasteiger partial charge on any atom is -0.493 e. The fraction of sp³-hybridized carbons (Fsp3) is 0.551. The van der Waals surface area contributed by atoms with Gasteiger partial charge < -0.3 is 48.6 Å². The van der Waals surface area contributed by atoms with E-state index in [9.17, 15) is 9.59 Å². The Hall–Kier alpha value is -5.70. The van der Waals surface area contributed by atoms with Crippen molar-refractivity contribution in [1.82, 2.24) is 29.8 Å². The Kier molecular flexibility index (Phi) is 13.7. The molecular formula is C49H65N7O8. The Labute approximate surface area is 377 Å². The highest BCUT2D eigenvalue weighted by Crippen LogP contribution is 2.59. The van der Waals surface area contributed by atoms with Gasteiger partial charge in [-0.05, 0) is 90.7 Å². The maximum Gasteiger partial charge on any atom is 0.409 e. The number of nitrogens with one attached hydrogen (secondary N) is 1. The first-order valence-corrected chi connectivity index (χ1v) is 22.9. The summed E-state index contributed by atoms with van der Waals surface area (Å²) in [6.45, 7) is 8.89. The lowest BCUT2D eigenvalue weighted by atomic mass is 9.58. The van der Waals surface area contributed by atoms with Crippen molar-refractivity contribution in [2.75, 3.05) is 101 Å². The normalized spacial score (nSPS) is 23.1. The maximum absolute atomic E-state index is 15.2. The second kappa shape index (κ2) is 19.6. The summed E-state index contributed by atoms with van der Waals surface area (Å²) in [5.41, 5.74) is 4.47. The van der Waals surface area contributed by atoms with Gasteiger partial charge in [0.1, 0.15) is 6.61 Å². The second-order valence-corrected chi connectivity index (χ2v) is 17.5. The molecule has 1 spiro atoms. The van der Waals surface area contributed by atoms with Crippen LogP contribution in [-0.4, -0.2) is 149 Å². The van der Waals surface area contributed by atoms with E-state index in [4.69, 9.17) is 23.7 Å². The van der Waals surface area contributed by atoms with Crippen LogP contribution in [0.4, 0.5) is 4.79 Å². The zero-order valence-corrected chi connectivity index (χ0v) is 38.4. The number of ether oxygens (including phenoxy) is 5. The van der Waals surface area contributed by atoms with Gasteiger partial charge in [-0.25, -0.2) is 4.79 Å². The van der Waals surface area contributed by atoms with Gasteiger partial charge in [-0.15, -0.1) is 0 Å². The van der Waals surface area contributed by atoms with Crippen LogP contribution in [0.2, 0.25) is 0 Å². The fourth-order valence-corrected chi connectivity index (χ4v) is 11.1. The molecule has 15 heteroatoms. The summed E-state index contributed by atoms with van der Waals surface area (Å²) >= 11 is 0. The van der Waals surface area contributed by atoms with Crippen molar-refractivity contribution in [3.05, 3.63) is 82.4 Å². The molecule has 0 aromatic heterocycles. The number of guanidine groups is 1. The predicted molar refractivity (Wildman–Crippen MR) is 243 cm³/mol. The van der Waals surface area contributed by atoms with Crippen LogP contribution in [0, 0.1) is 11.8 Å². The van der Waals surface area contributed by atoms with Crippen LogP contribution in [0.25, 0.3) is 0 Å². The number of piperazine rings is 1. The van der Waals surface area contributed by atoms with E-state index in [1.807, 2.05) is 35.2 Å². The lowest BCUT2D eigenvalue weighted by molar-refractivity contribution is -0.153. The minimum atomic E-state index is -0.849. The van der Waals surface area contributed by atoms with Gasteiger partial charge in [0.15, 0.2) is 29.0 Å². The first kappa shape index (κ1) is 44.9. The highest BCUT2D eigenvalue weighted by atomic mass is 16.6. The van der Waals surface area contributed by atoms with Crippen molar-refractivity contribution in [3.63, 3.8) is 0 Å². The molecule has 1 aliphatic carbocycles. The van der Waals surface area contributed by atoms with Gasteiger partial charge in [0.2, 0.25) is 11.8 Å². The molecule has 4 atom stereocenters. The highest BCUT2D eigenvalue weighted by molar-refractivity contribution is 5.83. The summed E-state index contributed by atoms with van der Waals surface area (Å²) in [7, 11) is 8.30. The average molecular weight is 880 g/mol. The van der Waals surface area contributed by atoms with Crippen LogP contribution < -0.4 is 24.3 Å². The molecule has 344 valence electrons. The SMILES string of the molecule is CCN1CCc2cc(OC)c(OC)cc2C1[C@H]1C[C@H](C(=O)N2CCN(C3=NCCN3)CC2)CC[C@]12c1cc(OC)c(OC)cc1CCN2C(=O)CCN(C)C(=O)OCc1ccccc1. The summed E-state index contributed by atoms with van der Waals surface area (Å²) in [4.78, 5) is 58.4. The Morgan fingerprint density at radius 3 is 2.19 bits per heavy atom. The Bertz CT molecular complexity index is 2200. The molecule has 3 amide bonds. The van der Waals surface area contributed by atoms with Crippen molar-refractivity contribution in [1.29, 1.82) is 0 Å². The summed E-state index contributed by atoms with van der Waals surface area (Å²) < 4.78 is 29.3. The number of carbonyl (C=O) groups excluding carboxylic acids is 3. The van der Waals surface area contributed by atoms with E-state index < -0.39 is 11.6 Å². The first-order chi connectivity index (χ1) is 31.1. The van der Waals surface area contributed by atoms with Gasteiger partial charge in [-0.2, -0.15) is 0 Å². The van der Waals surface area contributed by atoms with Gasteiger partial charge in [0.05, 0.1) is 40.5 Å². The largest absolute Gasteiger partial charge is 0.493 e. The number of likely N-dealkylation sites (N-methyl/N-ethyl adjacent to an activating group) is 1. The summed E-state index contributed by atoms with van der Waals surface area (Å²) in [6.07, 6.45) is 2.78. The molecule has 1 unspecified atom stereocenters. The van der Waals surface area contributed by atoms with E-state index in [1.165, 1.54) is 10.5 Å². The third kappa shape index (κ3) is 8.62. The zero-order chi connectivity index (χ0) is 45.0. The number of aliphatic imine (C=N–C) groups is 1. The summed E-state index contributed by atoms with van der Waals surface area (Å²) in [5.74, 6) is 3.10. The molecule has 4 heterocycles. The van der Waals surface area contributed by atoms with Crippen LogP contribution in [0.5, 0.6) is 23.0 Å². The van der Waals surface area contributed by atoms with E-state index in [0.29, 0.717) is 68.3 Å². The fourth-order valence-electron chi connectivity index (χ4n) is 11.1. The minimum absolute atomic E-state index is 0.0520. The molecule has 1 saturated carbocycles. The van der Waals surface area contributed by atoms with Gasteiger partial charge in [0.25, 0.3) is 0 Å². The van der Waals surface area contributed by atoms with Crippen molar-refractivity contribution >= 4 is 23.9 Å². The van der Waals surface area contributed by atoms with Gasteiger partial charge in [0, 0.05) is 83.7 Å². The van der Waals surface area contributed by atoms with E-state index in [2.05, 4.69) is 56.2 Å². The molecule has 2 fully saturated rings. The third-order valence-electron chi connectivity index (χ3n) is 14.4. The summed E-state index contributed by atoms with van der Waals surface area (Å²) in [6, 6.07) is 17.8. The number of fused-ring (bicyclic) bond motifs is 3. The van der Waals surface area contributed by atoms with Crippen LogP contribution in [0.1, 0.15) is 66.5 Å². The number of rotatable bonds is 12. The number of hydrogen-bond acceptors (Lipinski definition) is 12. The average Bonchev–Trinajstić information content (AvgIpc) is 3.89. The molecule has 1 N–H and O–H groups in total. The molecular weight excluding hydrogens is 815 g/mol. The van der Waals surface area contributed by atoms with Crippen LogP contribution in [0.15, 0.2) is 59.6 Å². The lowest BCUT2D eigenvalue weighted by Crippen LogP contribution is -2.63. The highest BCUT2D eigenvalue weighted by Gasteiger charge is 2.58. The Morgan fingerprint density at radius 1 is 0.844 bits per heavy atom. The number of methoxy groups -OCH3 is 4. The molecule has 8 rings (SSSR count). The quantitative estimate of drug-likeness (QED) is 0.260. The number of amides is 3. The van der Waals surface area contributed by atoms with E-state index >= 15 is 4.79 Å². The zero-order valence-electron chi connectivity index (χ0n) is 38.4. The topological polar surface area (TPSA) is 138 Å². The standard InChI is InChI=1S/C49H65N7O8/c1-7-53-21-14-34-28-40(60-3)42(62-5)30-37(34)45(53)39-27-36(46(58)54-23-25-55(26-24-54)47-50-18-19-51-47)13-17-49(39)38-31-43(63-6)41(61-4)29-35(38)15-22-56(49)44(57)16-20-52(2)48(59)64-32-33-11-9-8-10-12-33/h8-12,28-31,36,39,45H,7,13-27,32H2,1-6H3,(H,50,51)/t36-,39-,45?,49+/m1/s1. The molecule has 4 aliphatic heterocycles. The van der Waals surface area contributed by atoms with Gasteiger partial charge >= 0.3 is 6.09 Å². The van der Waals surface area contributed by atoms with Crippen molar-refractivity contribution in [2.24, 2.45) is 16.8 Å². The third-order valence-corrected chi connectivity index (χ3v) is 14.4. The number of nitrogens with zero attached hydrogens (tertiary/aromatic N) is 6. The molecule has 15 nitrogen and oxygen atoms in total. The number of carbonyl (C=O) groups is 3.